The van der Waals surface area contributed by atoms with Gasteiger partial charge in [-0.15, -0.1) is 0 Å². The molecule has 0 unspecified atom stereocenters. The van der Waals surface area contributed by atoms with Crippen molar-refractivity contribution in [2.45, 2.75) is 24.9 Å². The van der Waals surface area contributed by atoms with Crippen LogP contribution in [0, 0.1) is 0 Å². The highest BCUT2D eigenvalue weighted by atomic mass is 32.2. The Kier molecular flexibility index (Phi) is 3.34. The molecule has 3 nitrogen and oxygen atoms in total. The van der Waals surface area contributed by atoms with Crippen LogP contribution in [0.15, 0.2) is 12.4 Å². The SMILES string of the molecule is CC(C)SCc1cnc(N)cn1. The summed E-state index contributed by atoms with van der Waals surface area (Å²) in [7, 11) is 0. The van der Waals surface area contributed by atoms with Gasteiger partial charge in [0, 0.05) is 5.75 Å². The van der Waals surface area contributed by atoms with Crippen LogP contribution in [0.3, 0.4) is 0 Å². The molecule has 0 saturated heterocycles. The Labute approximate surface area is 76.8 Å². The Hall–Kier alpha value is -0.770. The summed E-state index contributed by atoms with van der Waals surface area (Å²) in [5.41, 5.74) is 6.39. The Balaban J connectivity index is 2.48. The molecule has 0 amide bonds. The third kappa shape index (κ3) is 3.09. The van der Waals surface area contributed by atoms with Crippen molar-refractivity contribution in [3.8, 4) is 0 Å². The van der Waals surface area contributed by atoms with Crippen molar-refractivity contribution < 1.29 is 0 Å². The van der Waals surface area contributed by atoms with Gasteiger partial charge < -0.3 is 5.73 Å². The molecule has 2 N–H and O–H groups in total. The summed E-state index contributed by atoms with van der Waals surface area (Å²) in [6.07, 6.45) is 3.32. The van der Waals surface area contributed by atoms with Gasteiger partial charge in [0.1, 0.15) is 5.82 Å². The Morgan fingerprint density at radius 1 is 1.42 bits per heavy atom. The minimum absolute atomic E-state index is 0.480. The molecule has 1 aromatic rings. The topological polar surface area (TPSA) is 51.8 Å². The van der Waals surface area contributed by atoms with Gasteiger partial charge in [-0.05, 0) is 5.25 Å². The van der Waals surface area contributed by atoms with Crippen molar-refractivity contribution in [1.82, 2.24) is 9.97 Å². The Morgan fingerprint density at radius 3 is 2.67 bits per heavy atom. The molecule has 1 heterocycles. The molecule has 1 aromatic heterocycles. The lowest BCUT2D eigenvalue weighted by Gasteiger charge is -2.03. The Bertz CT molecular complexity index is 233. The van der Waals surface area contributed by atoms with Crippen molar-refractivity contribution in [2.75, 3.05) is 5.73 Å². The molecule has 0 aromatic carbocycles. The molecule has 0 saturated carbocycles. The standard InChI is InChI=1S/C8H13N3S/c1-6(2)12-5-7-3-11-8(9)4-10-7/h3-4,6H,5H2,1-2H3,(H2,9,11). The molecular weight excluding hydrogens is 170 g/mol. The van der Waals surface area contributed by atoms with Crippen LogP contribution >= 0.6 is 11.8 Å². The summed E-state index contributed by atoms with van der Waals surface area (Å²) in [6.45, 7) is 4.32. The zero-order valence-electron chi connectivity index (χ0n) is 7.32. The van der Waals surface area contributed by atoms with Crippen LogP contribution in [-0.4, -0.2) is 15.2 Å². The molecule has 0 spiro atoms. The summed E-state index contributed by atoms with van der Waals surface area (Å²) in [4.78, 5) is 8.10. The van der Waals surface area contributed by atoms with Gasteiger partial charge in [0.2, 0.25) is 0 Å². The smallest absolute Gasteiger partial charge is 0.141 e. The lowest BCUT2D eigenvalue weighted by Crippen LogP contribution is -1.96. The predicted molar refractivity (Wildman–Crippen MR) is 52.9 cm³/mol. The van der Waals surface area contributed by atoms with Gasteiger partial charge in [-0.3, -0.25) is 4.98 Å². The second-order valence-electron chi connectivity index (χ2n) is 2.79. The minimum Gasteiger partial charge on any atom is -0.382 e. The average molecular weight is 183 g/mol. The molecule has 0 fully saturated rings. The van der Waals surface area contributed by atoms with Crippen molar-refractivity contribution in [3.63, 3.8) is 0 Å². The van der Waals surface area contributed by atoms with Crippen molar-refractivity contribution >= 4 is 17.6 Å². The van der Waals surface area contributed by atoms with E-state index in [4.69, 9.17) is 5.73 Å². The predicted octanol–water partition coefficient (Wildman–Crippen LogP) is 1.70. The van der Waals surface area contributed by atoms with Gasteiger partial charge in [0.05, 0.1) is 18.1 Å². The van der Waals surface area contributed by atoms with E-state index < -0.39 is 0 Å². The molecule has 0 aliphatic rings. The van der Waals surface area contributed by atoms with Crippen LogP contribution in [0.25, 0.3) is 0 Å². The number of hydrogen-bond donors (Lipinski definition) is 1. The maximum absolute atomic E-state index is 5.40. The van der Waals surface area contributed by atoms with E-state index in [9.17, 15) is 0 Å². The fourth-order valence-corrected chi connectivity index (χ4v) is 1.34. The molecule has 0 radical (unpaired) electrons. The first-order chi connectivity index (χ1) is 5.68. The molecule has 0 aliphatic carbocycles. The third-order valence-corrected chi connectivity index (χ3v) is 2.42. The van der Waals surface area contributed by atoms with Crippen LogP contribution in [0.4, 0.5) is 5.82 Å². The zero-order chi connectivity index (χ0) is 8.97. The van der Waals surface area contributed by atoms with Crippen molar-refractivity contribution in [1.29, 1.82) is 0 Å². The lowest BCUT2D eigenvalue weighted by molar-refractivity contribution is 1.08. The summed E-state index contributed by atoms with van der Waals surface area (Å²) in [6, 6.07) is 0. The van der Waals surface area contributed by atoms with Crippen molar-refractivity contribution in [3.05, 3.63) is 18.1 Å². The van der Waals surface area contributed by atoms with Gasteiger partial charge in [-0.2, -0.15) is 11.8 Å². The first-order valence-electron chi connectivity index (χ1n) is 3.86. The number of anilines is 1. The fourth-order valence-electron chi connectivity index (χ4n) is 0.691. The molecule has 0 aliphatic heterocycles. The highest BCUT2D eigenvalue weighted by Crippen LogP contribution is 2.14. The largest absolute Gasteiger partial charge is 0.382 e. The third-order valence-electron chi connectivity index (χ3n) is 1.29. The van der Waals surface area contributed by atoms with Gasteiger partial charge in [-0.1, -0.05) is 13.8 Å². The molecular formula is C8H13N3S. The fraction of sp³-hybridized carbons (Fsp3) is 0.500. The van der Waals surface area contributed by atoms with Crippen molar-refractivity contribution in [2.24, 2.45) is 0 Å². The monoisotopic (exact) mass is 183 g/mol. The quantitative estimate of drug-likeness (QED) is 0.775. The normalized spacial score (nSPS) is 10.6. The van der Waals surface area contributed by atoms with Crippen LogP contribution < -0.4 is 5.73 Å². The summed E-state index contributed by atoms with van der Waals surface area (Å²) >= 11 is 1.85. The summed E-state index contributed by atoms with van der Waals surface area (Å²) < 4.78 is 0. The maximum Gasteiger partial charge on any atom is 0.141 e. The van der Waals surface area contributed by atoms with Gasteiger partial charge in [0.25, 0.3) is 0 Å². The molecule has 0 bridgehead atoms. The number of nitrogen functional groups attached to an aromatic ring is 1. The second kappa shape index (κ2) is 4.30. The first kappa shape index (κ1) is 9.32. The summed E-state index contributed by atoms with van der Waals surface area (Å²) in [5, 5.41) is 0.629. The highest BCUT2D eigenvalue weighted by molar-refractivity contribution is 7.99. The molecule has 66 valence electrons. The summed E-state index contributed by atoms with van der Waals surface area (Å²) in [5.74, 6) is 1.39. The van der Waals surface area contributed by atoms with Crippen LogP contribution in [0.1, 0.15) is 19.5 Å². The van der Waals surface area contributed by atoms with E-state index in [1.807, 2.05) is 11.8 Å². The zero-order valence-corrected chi connectivity index (χ0v) is 8.14. The minimum atomic E-state index is 0.480. The van der Waals surface area contributed by atoms with E-state index in [1.165, 1.54) is 0 Å². The molecule has 4 heteroatoms. The number of nitrogens with two attached hydrogens (primary N) is 1. The number of thioether (sulfide) groups is 1. The molecule has 1 rings (SSSR count). The van der Waals surface area contributed by atoms with Crippen LogP contribution in [0.5, 0.6) is 0 Å². The number of hydrogen-bond acceptors (Lipinski definition) is 4. The van der Waals surface area contributed by atoms with E-state index in [-0.39, 0.29) is 0 Å². The average Bonchev–Trinajstić information content (AvgIpc) is 2.03. The first-order valence-corrected chi connectivity index (χ1v) is 4.91. The number of nitrogens with zero attached hydrogens (tertiary/aromatic N) is 2. The molecule has 12 heavy (non-hydrogen) atoms. The Morgan fingerprint density at radius 2 is 2.17 bits per heavy atom. The van der Waals surface area contributed by atoms with Crippen LogP contribution in [-0.2, 0) is 5.75 Å². The van der Waals surface area contributed by atoms with E-state index in [1.54, 1.807) is 12.4 Å². The van der Waals surface area contributed by atoms with Crippen LogP contribution in [0.2, 0.25) is 0 Å². The maximum atomic E-state index is 5.40. The van der Waals surface area contributed by atoms with Gasteiger partial charge in [-0.25, -0.2) is 4.98 Å². The lowest BCUT2D eigenvalue weighted by atomic mass is 10.5. The number of aromatic nitrogens is 2. The van der Waals surface area contributed by atoms with E-state index in [0.717, 1.165) is 11.4 Å². The second-order valence-corrected chi connectivity index (χ2v) is 4.36. The van der Waals surface area contributed by atoms with E-state index in [0.29, 0.717) is 11.1 Å². The van der Waals surface area contributed by atoms with Gasteiger partial charge >= 0.3 is 0 Å². The number of rotatable bonds is 3. The highest BCUT2D eigenvalue weighted by Gasteiger charge is 1.98. The van der Waals surface area contributed by atoms with Gasteiger partial charge in [0.15, 0.2) is 0 Å². The van der Waals surface area contributed by atoms with E-state index in [2.05, 4.69) is 23.8 Å². The van der Waals surface area contributed by atoms with E-state index >= 15 is 0 Å². The molecule has 0 atom stereocenters.